The first kappa shape index (κ1) is 25.2. The molecule has 1 fully saturated rings. The third-order valence-corrected chi connectivity index (χ3v) is 5.06. The summed E-state index contributed by atoms with van der Waals surface area (Å²) in [6.07, 6.45) is 4.96. The summed E-state index contributed by atoms with van der Waals surface area (Å²) in [5.74, 6) is 0.145. The van der Waals surface area contributed by atoms with Crippen molar-refractivity contribution in [1.82, 2.24) is 4.90 Å². The van der Waals surface area contributed by atoms with E-state index in [2.05, 4.69) is 6.58 Å². The summed E-state index contributed by atoms with van der Waals surface area (Å²) in [6, 6.07) is 17.1. The monoisotopic (exact) mass is 435 g/mol. The molecule has 3 nitrogen and oxygen atoms in total. The summed E-state index contributed by atoms with van der Waals surface area (Å²) in [7, 11) is 0. The van der Waals surface area contributed by atoms with Crippen molar-refractivity contribution in [2.24, 2.45) is 0 Å². The number of likely N-dealkylation sites (tertiary alicyclic amines) is 1. The second kappa shape index (κ2) is 14.2. The van der Waals surface area contributed by atoms with Crippen LogP contribution in [0.1, 0.15) is 51.1 Å². The van der Waals surface area contributed by atoms with E-state index in [-0.39, 0.29) is 24.6 Å². The first-order valence-corrected chi connectivity index (χ1v) is 10.7. The summed E-state index contributed by atoms with van der Waals surface area (Å²) in [6.45, 7) is 7.27. The van der Waals surface area contributed by atoms with Crippen LogP contribution in [-0.2, 0) is 4.79 Å². The number of piperidine rings is 1. The zero-order valence-electron chi connectivity index (χ0n) is 17.2. The SMILES string of the molecule is C=CC.CC[C@@H](CO)N1C(=O)CCCC1c1ccc(Cl)cc1.Clc1ccccc1. The van der Waals surface area contributed by atoms with Crippen LogP contribution in [0, 0.1) is 0 Å². The van der Waals surface area contributed by atoms with Gasteiger partial charge in [0.25, 0.3) is 0 Å². The van der Waals surface area contributed by atoms with E-state index in [0.717, 1.165) is 29.8 Å². The summed E-state index contributed by atoms with van der Waals surface area (Å²) in [5, 5.41) is 11.0. The Morgan fingerprint density at radius 1 is 1.14 bits per heavy atom. The molecule has 1 heterocycles. The van der Waals surface area contributed by atoms with Gasteiger partial charge in [0.15, 0.2) is 0 Å². The molecule has 1 unspecified atom stereocenters. The Morgan fingerprint density at radius 3 is 2.14 bits per heavy atom. The van der Waals surface area contributed by atoms with Gasteiger partial charge in [-0.3, -0.25) is 4.79 Å². The maximum Gasteiger partial charge on any atom is 0.223 e. The number of rotatable bonds is 4. The van der Waals surface area contributed by atoms with Crippen LogP contribution < -0.4 is 0 Å². The molecular weight excluding hydrogens is 405 g/mol. The van der Waals surface area contributed by atoms with Crippen molar-refractivity contribution in [3.63, 3.8) is 0 Å². The normalized spacial score (nSPS) is 16.7. The van der Waals surface area contributed by atoms with Crippen molar-refractivity contribution in [3.8, 4) is 0 Å². The van der Waals surface area contributed by atoms with E-state index in [9.17, 15) is 9.90 Å². The van der Waals surface area contributed by atoms with Crippen molar-refractivity contribution >= 4 is 29.1 Å². The number of allylic oxidation sites excluding steroid dienone is 1. The molecule has 29 heavy (non-hydrogen) atoms. The molecule has 0 spiro atoms. The topological polar surface area (TPSA) is 40.5 Å². The first-order chi connectivity index (χ1) is 14.0. The molecule has 1 amide bonds. The van der Waals surface area contributed by atoms with E-state index in [1.807, 2.05) is 73.3 Å². The zero-order valence-corrected chi connectivity index (χ0v) is 18.7. The van der Waals surface area contributed by atoms with Gasteiger partial charge < -0.3 is 10.0 Å². The summed E-state index contributed by atoms with van der Waals surface area (Å²) >= 11 is 11.5. The quantitative estimate of drug-likeness (QED) is 0.542. The second-order valence-electron chi connectivity index (χ2n) is 6.71. The average molecular weight is 436 g/mol. The lowest BCUT2D eigenvalue weighted by Gasteiger charge is -2.40. The molecule has 1 saturated heterocycles. The number of carbonyl (C=O) groups excluding carboxylic acids is 1. The number of halogens is 2. The molecule has 0 radical (unpaired) electrons. The first-order valence-electron chi connectivity index (χ1n) is 9.93. The Balaban J connectivity index is 0.000000347. The molecular formula is C24H31Cl2NO2. The Kier molecular flexibility index (Phi) is 12.4. The van der Waals surface area contributed by atoms with Crippen molar-refractivity contribution in [3.05, 3.63) is 82.9 Å². The number of carbonyl (C=O) groups is 1. The molecule has 2 aromatic carbocycles. The van der Waals surface area contributed by atoms with Gasteiger partial charge in [-0.2, -0.15) is 0 Å². The lowest BCUT2D eigenvalue weighted by molar-refractivity contribution is -0.141. The van der Waals surface area contributed by atoms with Crippen molar-refractivity contribution in [1.29, 1.82) is 0 Å². The molecule has 0 saturated carbocycles. The Labute approximate surface area is 185 Å². The summed E-state index contributed by atoms with van der Waals surface area (Å²) in [5.41, 5.74) is 1.10. The molecule has 1 aliphatic heterocycles. The molecule has 158 valence electrons. The largest absolute Gasteiger partial charge is 0.394 e. The molecule has 0 bridgehead atoms. The van der Waals surface area contributed by atoms with Crippen LogP contribution in [0.5, 0.6) is 0 Å². The van der Waals surface area contributed by atoms with E-state index < -0.39 is 0 Å². The number of hydrogen-bond acceptors (Lipinski definition) is 2. The lowest BCUT2D eigenvalue weighted by atomic mass is 9.92. The highest BCUT2D eigenvalue weighted by atomic mass is 35.5. The number of amides is 1. The summed E-state index contributed by atoms with van der Waals surface area (Å²) in [4.78, 5) is 14.1. The smallest absolute Gasteiger partial charge is 0.223 e. The molecule has 2 atom stereocenters. The Bertz CT molecular complexity index is 715. The van der Waals surface area contributed by atoms with Crippen molar-refractivity contribution < 1.29 is 9.90 Å². The van der Waals surface area contributed by atoms with E-state index in [4.69, 9.17) is 23.2 Å². The van der Waals surface area contributed by atoms with Gasteiger partial charge in [-0.1, -0.05) is 66.5 Å². The third-order valence-electron chi connectivity index (χ3n) is 4.56. The van der Waals surface area contributed by atoms with Gasteiger partial charge in [-0.25, -0.2) is 0 Å². The minimum atomic E-state index is -0.0894. The van der Waals surface area contributed by atoms with Gasteiger partial charge >= 0.3 is 0 Å². The lowest BCUT2D eigenvalue weighted by Crippen LogP contribution is -2.46. The number of benzene rings is 2. The molecule has 0 aromatic heterocycles. The molecule has 2 aromatic rings. The van der Waals surface area contributed by atoms with Crippen LogP contribution in [0.25, 0.3) is 0 Å². The average Bonchev–Trinajstić information content (AvgIpc) is 2.72. The second-order valence-corrected chi connectivity index (χ2v) is 7.58. The van der Waals surface area contributed by atoms with Gasteiger partial charge in [0.05, 0.1) is 18.7 Å². The molecule has 5 heteroatoms. The van der Waals surface area contributed by atoms with Crippen LogP contribution in [0.2, 0.25) is 10.0 Å². The van der Waals surface area contributed by atoms with Crippen molar-refractivity contribution in [2.45, 2.75) is 51.6 Å². The van der Waals surface area contributed by atoms with E-state index in [1.54, 1.807) is 6.08 Å². The number of nitrogens with zero attached hydrogens (tertiary/aromatic N) is 1. The highest BCUT2D eigenvalue weighted by molar-refractivity contribution is 6.30. The predicted octanol–water partition coefficient (Wildman–Crippen LogP) is 6.70. The number of hydrogen-bond donors (Lipinski definition) is 1. The van der Waals surface area contributed by atoms with E-state index >= 15 is 0 Å². The molecule has 0 aliphatic carbocycles. The minimum Gasteiger partial charge on any atom is -0.394 e. The van der Waals surface area contributed by atoms with Gasteiger partial charge in [0.2, 0.25) is 5.91 Å². The summed E-state index contributed by atoms with van der Waals surface area (Å²) < 4.78 is 0. The van der Waals surface area contributed by atoms with E-state index in [0.29, 0.717) is 11.4 Å². The third kappa shape index (κ3) is 8.61. The number of aliphatic hydroxyl groups excluding tert-OH is 1. The van der Waals surface area contributed by atoms with Crippen molar-refractivity contribution in [2.75, 3.05) is 6.61 Å². The molecule has 1 N–H and O–H groups in total. The van der Waals surface area contributed by atoms with Crippen LogP contribution >= 0.6 is 23.2 Å². The Hall–Kier alpha value is -1.81. The fourth-order valence-electron chi connectivity index (χ4n) is 3.19. The van der Waals surface area contributed by atoms with Gasteiger partial charge in [0, 0.05) is 16.5 Å². The number of aliphatic hydroxyl groups is 1. The maximum atomic E-state index is 12.2. The predicted molar refractivity (Wildman–Crippen MR) is 123 cm³/mol. The fourth-order valence-corrected chi connectivity index (χ4v) is 3.46. The van der Waals surface area contributed by atoms with Crippen LogP contribution in [-0.4, -0.2) is 28.6 Å². The highest BCUT2D eigenvalue weighted by Crippen LogP contribution is 2.34. The highest BCUT2D eigenvalue weighted by Gasteiger charge is 2.33. The standard InChI is InChI=1S/C15H20ClNO2.C6H5Cl.C3H6/c1-2-13(10-18)17-14(4-3-5-15(17)19)11-6-8-12(16)9-7-11;7-6-4-2-1-3-5-6;1-3-2/h6-9,13-14,18H,2-5,10H2,1H3;1-5H;3H,1H2,2H3/t13-,14?;;/m0../s1. The minimum absolute atomic E-state index is 0.0202. The Morgan fingerprint density at radius 2 is 1.69 bits per heavy atom. The van der Waals surface area contributed by atoms with Gasteiger partial charge in [-0.05, 0) is 56.0 Å². The van der Waals surface area contributed by atoms with Gasteiger partial charge in [-0.15, -0.1) is 6.58 Å². The fraction of sp³-hybridized carbons (Fsp3) is 0.375. The maximum absolute atomic E-state index is 12.2. The van der Waals surface area contributed by atoms with Crippen LogP contribution in [0.4, 0.5) is 0 Å². The zero-order chi connectivity index (χ0) is 21.6. The molecule has 1 aliphatic rings. The van der Waals surface area contributed by atoms with Crippen LogP contribution in [0.3, 0.4) is 0 Å². The van der Waals surface area contributed by atoms with Gasteiger partial charge in [0.1, 0.15) is 0 Å². The van der Waals surface area contributed by atoms with E-state index in [1.165, 1.54) is 0 Å². The van der Waals surface area contributed by atoms with Crippen LogP contribution in [0.15, 0.2) is 67.3 Å². The molecule has 3 rings (SSSR count).